The van der Waals surface area contributed by atoms with Gasteiger partial charge in [-0.25, -0.2) is 4.98 Å². The molecule has 0 radical (unpaired) electrons. The number of fused-ring (bicyclic) bond motifs is 1. The molecule has 1 aliphatic heterocycles. The number of hydrogen-bond acceptors (Lipinski definition) is 5. The molecule has 0 atom stereocenters. The van der Waals surface area contributed by atoms with Gasteiger partial charge in [-0.1, -0.05) is 25.0 Å². The Balaban J connectivity index is 1.16. The van der Waals surface area contributed by atoms with Gasteiger partial charge in [0.15, 0.2) is 0 Å². The van der Waals surface area contributed by atoms with Gasteiger partial charge in [0.2, 0.25) is 5.91 Å². The van der Waals surface area contributed by atoms with E-state index < -0.39 is 0 Å². The molecule has 1 aromatic heterocycles. The zero-order valence-electron chi connectivity index (χ0n) is 15.3. The number of carbonyl (C=O) groups is 1. The molecular formula is C20H28N4OS. The summed E-state index contributed by atoms with van der Waals surface area (Å²) in [6.45, 7) is 5.45. The largest absolute Gasteiger partial charge is 0.355 e. The number of hydrogen-bond donors (Lipinski definition) is 1. The first-order chi connectivity index (χ1) is 12.8. The van der Waals surface area contributed by atoms with Gasteiger partial charge < -0.3 is 5.32 Å². The lowest BCUT2D eigenvalue weighted by atomic mass is 10.2. The third-order valence-electron chi connectivity index (χ3n) is 5.61. The molecule has 2 aromatic rings. The first-order valence-electron chi connectivity index (χ1n) is 9.85. The monoisotopic (exact) mass is 372 g/mol. The molecule has 1 saturated carbocycles. The summed E-state index contributed by atoms with van der Waals surface area (Å²) in [5, 5.41) is 4.16. The van der Waals surface area contributed by atoms with Crippen LogP contribution in [0.15, 0.2) is 24.3 Å². The smallest absolute Gasteiger partial charge is 0.234 e. The molecule has 1 aliphatic carbocycles. The second-order valence-corrected chi connectivity index (χ2v) is 8.54. The molecule has 0 spiro atoms. The quantitative estimate of drug-likeness (QED) is 0.846. The van der Waals surface area contributed by atoms with Crippen molar-refractivity contribution in [3.05, 3.63) is 29.3 Å². The SMILES string of the molecule is O=C(CN1CCN(C2CCCC2)CC1)NCCc1nc2ccccc2s1. The minimum Gasteiger partial charge on any atom is -0.355 e. The van der Waals surface area contributed by atoms with E-state index in [4.69, 9.17) is 0 Å². The van der Waals surface area contributed by atoms with Crippen molar-refractivity contribution in [2.75, 3.05) is 39.3 Å². The highest BCUT2D eigenvalue weighted by Gasteiger charge is 2.26. The average molecular weight is 373 g/mol. The zero-order chi connectivity index (χ0) is 17.8. The zero-order valence-corrected chi connectivity index (χ0v) is 16.1. The van der Waals surface area contributed by atoms with Gasteiger partial charge in [-0.05, 0) is 25.0 Å². The first-order valence-corrected chi connectivity index (χ1v) is 10.7. The Morgan fingerprint density at radius 2 is 1.92 bits per heavy atom. The van der Waals surface area contributed by atoms with Crippen LogP contribution in [0.4, 0.5) is 0 Å². The summed E-state index contributed by atoms with van der Waals surface area (Å²) in [5.41, 5.74) is 1.05. The van der Waals surface area contributed by atoms with Crippen LogP contribution in [0.1, 0.15) is 30.7 Å². The molecule has 26 heavy (non-hydrogen) atoms. The van der Waals surface area contributed by atoms with Crippen molar-refractivity contribution in [2.24, 2.45) is 0 Å². The van der Waals surface area contributed by atoms with E-state index in [1.807, 2.05) is 18.2 Å². The number of rotatable bonds is 6. The first kappa shape index (κ1) is 17.9. The van der Waals surface area contributed by atoms with E-state index >= 15 is 0 Å². The van der Waals surface area contributed by atoms with Crippen LogP contribution in [0.2, 0.25) is 0 Å². The van der Waals surface area contributed by atoms with Crippen molar-refractivity contribution < 1.29 is 4.79 Å². The lowest BCUT2D eigenvalue weighted by Gasteiger charge is -2.37. The number of aromatic nitrogens is 1. The Morgan fingerprint density at radius 3 is 2.69 bits per heavy atom. The van der Waals surface area contributed by atoms with Crippen LogP contribution in [0.3, 0.4) is 0 Å². The van der Waals surface area contributed by atoms with Gasteiger partial charge in [0.1, 0.15) is 0 Å². The maximum atomic E-state index is 12.2. The highest BCUT2D eigenvalue weighted by atomic mass is 32.1. The van der Waals surface area contributed by atoms with E-state index in [0.717, 1.165) is 49.2 Å². The van der Waals surface area contributed by atoms with E-state index in [1.165, 1.54) is 30.4 Å². The molecule has 1 saturated heterocycles. The van der Waals surface area contributed by atoms with Crippen molar-refractivity contribution in [2.45, 2.75) is 38.1 Å². The number of carbonyl (C=O) groups excluding carboxylic acids is 1. The van der Waals surface area contributed by atoms with Gasteiger partial charge in [0.05, 0.1) is 21.8 Å². The molecule has 1 N–H and O–H groups in total. The topological polar surface area (TPSA) is 48.5 Å². The lowest BCUT2D eigenvalue weighted by Crippen LogP contribution is -2.51. The number of nitrogens with one attached hydrogen (secondary N) is 1. The van der Waals surface area contributed by atoms with Crippen molar-refractivity contribution in [3.63, 3.8) is 0 Å². The molecule has 6 heteroatoms. The Morgan fingerprint density at radius 1 is 1.15 bits per heavy atom. The van der Waals surface area contributed by atoms with Crippen LogP contribution >= 0.6 is 11.3 Å². The summed E-state index contributed by atoms with van der Waals surface area (Å²) in [4.78, 5) is 21.8. The van der Waals surface area contributed by atoms with Gasteiger partial charge in [-0.2, -0.15) is 0 Å². The van der Waals surface area contributed by atoms with Gasteiger partial charge in [-0.15, -0.1) is 11.3 Å². The second kappa shape index (κ2) is 8.46. The van der Waals surface area contributed by atoms with E-state index in [-0.39, 0.29) is 5.91 Å². The molecule has 0 unspecified atom stereocenters. The summed E-state index contributed by atoms with van der Waals surface area (Å²) < 4.78 is 1.22. The van der Waals surface area contributed by atoms with E-state index in [9.17, 15) is 4.79 Å². The second-order valence-electron chi connectivity index (χ2n) is 7.43. The van der Waals surface area contributed by atoms with E-state index in [0.29, 0.717) is 13.1 Å². The fourth-order valence-corrected chi connectivity index (χ4v) is 5.12. The Kier molecular flexibility index (Phi) is 5.82. The van der Waals surface area contributed by atoms with Crippen LogP contribution in [-0.4, -0.2) is 66.0 Å². The van der Waals surface area contributed by atoms with Crippen LogP contribution in [-0.2, 0) is 11.2 Å². The summed E-state index contributed by atoms with van der Waals surface area (Å²) in [5.74, 6) is 0.139. The molecule has 5 nitrogen and oxygen atoms in total. The number of thiazole rings is 1. The molecular weight excluding hydrogens is 344 g/mol. The fraction of sp³-hybridized carbons (Fsp3) is 0.600. The van der Waals surface area contributed by atoms with Crippen molar-refractivity contribution in [1.29, 1.82) is 0 Å². The Hall–Kier alpha value is -1.50. The molecule has 2 aliphatic rings. The average Bonchev–Trinajstić information content (AvgIpc) is 3.32. The van der Waals surface area contributed by atoms with Gasteiger partial charge >= 0.3 is 0 Å². The summed E-state index contributed by atoms with van der Waals surface area (Å²) in [7, 11) is 0. The van der Waals surface area contributed by atoms with Gasteiger partial charge in [0.25, 0.3) is 0 Å². The van der Waals surface area contributed by atoms with Crippen LogP contribution < -0.4 is 5.32 Å². The predicted molar refractivity (Wildman–Crippen MR) is 107 cm³/mol. The number of nitrogens with zero attached hydrogens (tertiary/aromatic N) is 3. The van der Waals surface area contributed by atoms with E-state index in [1.54, 1.807) is 11.3 Å². The third-order valence-corrected chi connectivity index (χ3v) is 6.71. The van der Waals surface area contributed by atoms with E-state index in [2.05, 4.69) is 26.2 Å². The van der Waals surface area contributed by atoms with Gasteiger partial charge in [0, 0.05) is 45.2 Å². The standard InChI is InChI=1S/C20H28N4OS/c25-19(15-23-11-13-24(14-12-23)16-5-1-2-6-16)21-10-9-20-22-17-7-3-4-8-18(17)26-20/h3-4,7-8,16H,1-2,5-6,9-15H2,(H,21,25). The molecule has 4 rings (SSSR count). The normalized spacial score (nSPS) is 20.0. The maximum Gasteiger partial charge on any atom is 0.234 e. The van der Waals surface area contributed by atoms with Gasteiger partial charge in [-0.3, -0.25) is 14.6 Å². The van der Waals surface area contributed by atoms with Crippen molar-refractivity contribution >= 4 is 27.5 Å². The third kappa shape index (κ3) is 4.42. The molecule has 1 aromatic carbocycles. The minimum absolute atomic E-state index is 0.139. The minimum atomic E-state index is 0.139. The van der Waals surface area contributed by atoms with Crippen LogP contribution in [0, 0.1) is 0 Å². The highest BCUT2D eigenvalue weighted by molar-refractivity contribution is 7.18. The summed E-state index contributed by atoms with van der Waals surface area (Å²) in [6, 6.07) is 9.00. The summed E-state index contributed by atoms with van der Waals surface area (Å²) >= 11 is 1.72. The molecule has 2 heterocycles. The number of para-hydroxylation sites is 1. The predicted octanol–water partition coefficient (Wildman–Crippen LogP) is 2.52. The fourth-order valence-electron chi connectivity index (χ4n) is 4.15. The molecule has 0 bridgehead atoms. The van der Waals surface area contributed by atoms with Crippen molar-refractivity contribution in [1.82, 2.24) is 20.1 Å². The number of piperazine rings is 1. The number of benzene rings is 1. The Labute approximate surface area is 159 Å². The lowest BCUT2D eigenvalue weighted by molar-refractivity contribution is -0.122. The molecule has 2 fully saturated rings. The van der Waals surface area contributed by atoms with Crippen LogP contribution in [0.5, 0.6) is 0 Å². The number of amides is 1. The van der Waals surface area contributed by atoms with Crippen molar-refractivity contribution in [3.8, 4) is 0 Å². The molecule has 1 amide bonds. The highest BCUT2D eigenvalue weighted by Crippen LogP contribution is 2.24. The molecule has 140 valence electrons. The van der Waals surface area contributed by atoms with Crippen LogP contribution in [0.25, 0.3) is 10.2 Å². The Bertz CT molecular complexity index is 699. The maximum absolute atomic E-state index is 12.2. The summed E-state index contributed by atoms with van der Waals surface area (Å²) in [6.07, 6.45) is 6.32.